The smallest absolute Gasteiger partial charge is 0.233 e. The highest BCUT2D eigenvalue weighted by Crippen LogP contribution is 2.31. The van der Waals surface area contributed by atoms with Crippen LogP contribution in [-0.2, 0) is 14.6 Å². The number of nitrogens with zero attached hydrogens (tertiary/aromatic N) is 3. The normalized spacial score (nSPS) is 18.8. The van der Waals surface area contributed by atoms with E-state index in [2.05, 4.69) is 4.98 Å². The van der Waals surface area contributed by atoms with Crippen LogP contribution in [0.4, 0.5) is 0 Å². The molecule has 1 aromatic carbocycles. The van der Waals surface area contributed by atoms with Crippen molar-refractivity contribution in [1.29, 1.82) is 0 Å². The van der Waals surface area contributed by atoms with Crippen molar-refractivity contribution in [2.75, 3.05) is 17.3 Å². The lowest BCUT2D eigenvalue weighted by atomic mass is 10.1. The lowest BCUT2D eigenvalue weighted by Crippen LogP contribution is -2.47. The molecule has 3 heterocycles. The molecule has 1 saturated heterocycles. The van der Waals surface area contributed by atoms with Crippen LogP contribution in [0.1, 0.15) is 26.7 Å². The van der Waals surface area contributed by atoms with E-state index in [1.165, 1.54) is 11.8 Å². The lowest BCUT2D eigenvalue weighted by molar-refractivity contribution is -0.132. The van der Waals surface area contributed by atoms with Gasteiger partial charge < -0.3 is 4.90 Å². The van der Waals surface area contributed by atoms with Gasteiger partial charge in [0.2, 0.25) is 5.91 Å². The molecular formula is C22H25N3O3S3. The largest absolute Gasteiger partial charge is 0.335 e. The summed E-state index contributed by atoms with van der Waals surface area (Å²) in [5, 5.41) is 3.67. The van der Waals surface area contributed by atoms with Crippen LogP contribution >= 0.6 is 23.1 Å². The Morgan fingerprint density at radius 1 is 1.26 bits per heavy atom. The van der Waals surface area contributed by atoms with Crippen molar-refractivity contribution in [3.8, 4) is 10.7 Å². The van der Waals surface area contributed by atoms with Crippen molar-refractivity contribution in [2.24, 2.45) is 0 Å². The number of aromatic nitrogens is 2. The topological polar surface area (TPSA) is 80.2 Å². The third kappa shape index (κ3) is 4.94. The van der Waals surface area contributed by atoms with Crippen molar-refractivity contribution >= 4 is 49.7 Å². The van der Waals surface area contributed by atoms with Gasteiger partial charge in [-0.3, -0.25) is 4.79 Å². The number of para-hydroxylation sites is 1. The average molecular weight is 476 g/mol. The first-order chi connectivity index (χ1) is 14.9. The maximum absolute atomic E-state index is 13.2. The molecule has 2 atom stereocenters. The Morgan fingerprint density at radius 3 is 2.74 bits per heavy atom. The third-order valence-corrected chi connectivity index (χ3v) is 9.19. The van der Waals surface area contributed by atoms with Crippen LogP contribution in [0.2, 0.25) is 0 Å². The number of fused-ring (bicyclic) bond motifs is 1. The van der Waals surface area contributed by atoms with Gasteiger partial charge >= 0.3 is 0 Å². The maximum atomic E-state index is 13.2. The quantitative estimate of drug-likeness (QED) is 0.375. The molecule has 1 fully saturated rings. The Balaban J connectivity index is 1.59. The van der Waals surface area contributed by atoms with Crippen molar-refractivity contribution in [1.82, 2.24) is 14.9 Å². The number of amides is 1. The highest BCUT2D eigenvalue weighted by atomic mass is 32.2. The molecule has 1 aliphatic heterocycles. The van der Waals surface area contributed by atoms with Gasteiger partial charge in [0.25, 0.3) is 0 Å². The van der Waals surface area contributed by atoms with E-state index in [0.717, 1.165) is 27.2 Å². The molecule has 164 valence electrons. The standard InChI is InChI=1S/C22H25N3O3S3/c1-3-15(2)25(16-10-12-31(27,28)14-16)20(26)13-30-22-17-7-4-5-8-18(17)23-21(24-22)19-9-6-11-29-19/h4-9,11,15-16H,3,10,12-14H2,1-2H3/t15-,16-/m1/s1. The second kappa shape index (κ2) is 9.26. The van der Waals surface area contributed by atoms with Gasteiger partial charge in [-0.25, -0.2) is 18.4 Å². The summed E-state index contributed by atoms with van der Waals surface area (Å²) in [6.45, 7) is 4.01. The van der Waals surface area contributed by atoms with E-state index in [1.807, 2.05) is 55.6 Å². The van der Waals surface area contributed by atoms with Crippen molar-refractivity contribution in [3.63, 3.8) is 0 Å². The molecular weight excluding hydrogens is 450 g/mol. The molecule has 0 N–H and O–H groups in total. The monoisotopic (exact) mass is 475 g/mol. The van der Waals surface area contributed by atoms with Crippen molar-refractivity contribution < 1.29 is 13.2 Å². The first-order valence-corrected chi connectivity index (χ1v) is 14.0. The van der Waals surface area contributed by atoms with E-state index >= 15 is 0 Å². The van der Waals surface area contributed by atoms with E-state index in [4.69, 9.17) is 4.98 Å². The second-order valence-corrected chi connectivity index (χ2v) is 11.9. The summed E-state index contributed by atoms with van der Waals surface area (Å²) in [5.74, 6) is 1.05. The fraction of sp³-hybridized carbons (Fsp3) is 0.409. The summed E-state index contributed by atoms with van der Waals surface area (Å²) < 4.78 is 24.0. The summed E-state index contributed by atoms with van der Waals surface area (Å²) in [6, 6.07) is 11.5. The molecule has 0 spiro atoms. The zero-order chi connectivity index (χ0) is 22.0. The summed E-state index contributed by atoms with van der Waals surface area (Å²) in [7, 11) is -3.06. The molecule has 0 bridgehead atoms. The van der Waals surface area contributed by atoms with E-state index < -0.39 is 9.84 Å². The summed E-state index contributed by atoms with van der Waals surface area (Å²) >= 11 is 2.98. The summed E-state index contributed by atoms with van der Waals surface area (Å²) in [6.07, 6.45) is 1.30. The lowest BCUT2D eigenvalue weighted by Gasteiger charge is -2.33. The van der Waals surface area contributed by atoms with Crippen LogP contribution in [0.15, 0.2) is 46.8 Å². The SMILES string of the molecule is CC[C@@H](C)N(C(=O)CSc1nc(-c2cccs2)nc2ccccc12)[C@@H]1CCS(=O)(=O)C1. The zero-order valence-corrected chi connectivity index (χ0v) is 20.0. The number of hydrogen-bond acceptors (Lipinski definition) is 7. The molecule has 31 heavy (non-hydrogen) atoms. The molecule has 0 saturated carbocycles. The molecule has 6 nitrogen and oxygen atoms in total. The molecule has 1 amide bonds. The number of benzene rings is 1. The first kappa shape index (κ1) is 22.2. The molecule has 0 aliphatic carbocycles. The maximum Gasteiger partial charge on any atom is 0.233 e. The van der Waals surface area contributed by atoms with Gasteiger partial charge in [0.1, 0.15) is 5.03 Å². The van der Waals surface area contributed by atoms with Crippen LogP contribution in [0.5, 0.6) is 0 Å². The number of rotatable bonds is 7. The zero-order valence-electron chi connectivity index (χ0n) is 17.5. The van der Waals surface area contributed by atoms with Crippen LogP contribution in [0.3, 0.4) is 0 Å². The van der Waals surface area contributed by atoms with Gasteiger partial charge in [-0.05, 0) is 37.3 Å². The summed E-state index contributed by atoms with van der Waals surface area (Å²) in [5.41, 5.74) is 0.844. The van der Waals surface area contributed by atoms with Crippen molar-refractivity contribution in [3.05, 3.63) is 41.8 Å². The van der Waals surface area contributed by atoms with Crippen LogP contribution in [0.25, 0.3) is 21.6 Å². The van der Waals surface area contributed by atoms with E-state index in [0.29, 0.717) is 12.2 Å². The fourth-order valence-electron chi connectivity index (χ4n) is 3.88. The molecule has 0 radical (unpaired) electrons. The Kier molecular flexibility index (Phi) is 6.64. The number of carbonyl (C=O) groups excluding carboxylic acids is 1. The van der Waals surface area contributed by atoms with E-state index in [1.54, 1.807) is 16.2 Å². The highest BCUT2D eigenvalue weighted by molar-refractivity contribution is 8.00. The van der Waals surface area contributed by atoms with Gasteiger partial charge in [-0.15, -0.1) is 11.3 Å². The molecule has 2 aromatic heterocycles. The van der Waals surface area contributed by atoms with Gasteiger partial charge in [-0.1, -0.05) is 43.0 Å². The van der Waals surface area contributed by atoms with Crippen LogP contribution in [0, 0.1) is 0 Å². The number of sulfone groups is 1. The summed E-state index contributed by atoms with van der Waals surface area (Å²) in [4.78, 5) is 25.4. The molecule has 0 unspecified atom stereocenters. The predicted molar refractivity (Wildman–Crippen MR) is 127 cm³/mol. The number of hydrogen-bond donors (Lipinski definition) is 0. The first-order valence-electron chi connectivity index (χ1n) is 10.3. The van der Waals surface area contributed by atoms with Gasteiger partial charge in [-0.2, -0.15) is 0 Å². The number of thiophene rings is 1. The van der Waals surface area contributed by atoms with Gasteiger partial charge in [0.15, 0.2) is 15.7 Å². The minimum Gasteiger partial charge on any atom is -0.335 e. The fourth-order valence-corrected chi connectivity index (χ4v) is 7.14. The highest BCUT2D eigenvalue weighted by Gasteiger charge is 2.36. The Hall–Kier alpha value is -1.97. The number of thioether (sulfide) groups is 1. The minimum atomic E-state index is -3.06. The predicted octanol–water partition coefficient (Wildman–Crippen LogP) is 4.26. The Morgan fingerprint density at radius 2 is 2.06 bits per heavy atom. The molecule has 1 aliphatic rings. The van der Waals surface area contributed by atoms with E-state index in [9.17, 15) is 13.2 Å². The second-order valence-electron chi connectivity index (χ2n) is 7.75. The van der Waals surface area contributed by atoms with Crippen molar-refractivity contribution in [2.45, 2.75) is 43.8 Å². The third-order valence-electron chi connectivity index (χ3n) is 5.60. The van der Waals surface area contributed by atoms with Gasteiger partial charge in [0.05, 0.1) is 27.7 Å². The molecule has 3 aromatic rings. The Bertz CT molecular complexity index is 1180. The van der Waals surface area contributed by atoms with Gasteiger partial charge in [0, 0.05) is 17.5 Å². The number of carbonyl (C=O) groups is 1. The molecule has 9 heteroatoms. The Labute approximate surface area is 191 Å². The van der Waals surface area contributed by atoms with E-state index in [-0.39, 0.29) is 35.2 Å². The van der Waals surface area contributed by atoms with Crippen LogP contribution < -0.4 is 0 Å². The molecule has 4 rings (SSSR count). The average Bonchev–Trinajstić information content (AvgIpc) is 3.41. The van der Waals surface area contributed by atoms with Crippen LogP contribution in [-0.4, -0.2) is 58.5 Å². The minimum absolute atomic E-state index is 0.00442.